The number of rotatable bonds is 11. The van der Waals surface area contributed by atoms with Gasteiger partial charge in [-0.1, -0.05) is 33.8 Å². The summed E-state index contributed by atoms with van der Waals surface area (Å²) in [6.45, 7) is 8.36. The van der Waals surface area contributed by atoms with Crippen molar-refractivity contribution in [2.75, 3.05) is 32.6 Å². The van der Waals surface area contributed by atoms with E-state index < -0.39 is 30.3 Å². The Bertz CT molecular complexity index is 2060. The monoisotopic (exact) mass is 756 g/mol. The molecule has 292 valence electrons. The zero-order chi connectivity index (χ0) is 39.4. The largest absolute Gasteiger partial charge is 0.453 e. The number of carbonyl (C=O) groups is 5. The van der Waals surface area contributed by atoms with Gasteiger partial charge in [-0.3, -0.25) is 14.4 Å². The molecule has 16 nitrogen and oxygen atoms in total. The van der Waals surface area contributed by atoms with E-state index in [1.807, 2.05) is 52.0 Å². The highest BCUT2D eigenvalue weighted by molar-refractivity contribution is 5.99. The normalized spacial score (nSPS) is 18.0. The first kappa shape index (κ1) is 38.8. The van der Waals surface area contributed by atoms with Crippen LogP contribution in [0.15, 0.2) is 53.1 Å². The number of ether oxygens (including phenoxy) is 2. The zero-order valence-corrected chi connectivity index (χ0v) is 31.9. The predicted octanol–water partition coefficient (Wildman–Crippen LogP) is 5.24. The second-order valence-corrected chi connectivity index (χ2v) is 14.5. The van der Waals surface area contributed by atoms with Gasteiger partial charge in [0, 0.05) is 29.9 Å². The maximum Gasteiger partial charge on any atom is 0.407 e. The number of imidazole rings is 1. The predicted molar refractivity (Wildman–Crippen MR) is 202 cm³/mol. The molecule has 4 heterocycles. The summed E-state index contributed by atoms with van der Waals surface area (Å²) in [6, 6.07) is 10.3. The van der Waals surface area contributed by atoms with Crippen molar-refractivity contribution in [3.05, 3.63) is 54.5 Å². The summed E-state index contributed by atoms with van der Waals surface area (Å²) in [6.07, 6.45) is 2.97. The molecule has 0 bridgehead atoms. The summed E-state index contributed by atoms with van der Waals surface area (Å²) >= 11 is 0. The molecular formula is C39H48N8O8. The molecule has 2 saturated heterocycles. The van der Waals surface area contributed by atoms with E-state index in [9.17, 15) is 24.0 Å². The molecule has 5 amide bonds. The van der Waals surface area contributed by atoms with Gasteiger partial charge in [0.2, 0.25) is 23.6 Å². The van der Waals surface area contributed by atoms with Crippen LogP contribution in [0.5, 0.6) is 0 Å². The Balaban J connectivity index is 1.14. The van der Waals surface area contributed by atoms with Crippen molar-refractivity contribution in [1.82, 2.24) is 35.4 Å². The fraction of sp³-hybridized carbons (Fsp3) is 0.462. The lowest BCUT2D eigenvalue weighted by atomic mass is 10.0. The van der Waals surface area contributed by atoms with Gasteiger partial charge in [0.1, 0.15) is 23.9 Å². The highest BCUT2D eigenvalue weighted by Crippen LogP contribution is 2.34. The van der Waals surface area contributed by atoms with Crippen molar-refractivity contribution in [1.29, 1.82) is 0 Å². The van der Waals surface area contributed by atoms with Crippen LogP contribution in [-0.2, 0) is 23.9 Å². The van der Waals surface area contributed by atoms with Crippen LogP contribution < -0.4 is 16.0 Å². The van der Waals surface area contributed by atoms with Gasteiger partial charge in [0.25, 0.3) is 0 Å². The second-order valence-electron chi connectivity index (χ2n) is 14.5. The van der Waals surface area contributed by atoms with Crippen molar-refractivity contribution < 1.29 is 37.9 Å². The summed E-state index contributed by atoms with van der Waals surface area (Å²) in [7, 11) is 2.51. The SMILES string of the molecule is COC(=O)N[C@H](C(=O)N1CCC[C@H]1C(=O)Nc1cccc(-c2ncc(-c3ccc4nc([C@@H]5CCCN5C(=O)[C@@H](NC(=O)OC)C(C)C)[nH]c4c3)o2)c1)C(C)C. The minimum absolute atomic E-state index is 0.138. The molecule has 0 saturated carbocycles. The van der Waals surface area contributed by atoms with E-state index in [1.165, 1.54) is 19.1 Å². The number of oxazole rings is 1. The first-order valence-corrected chi connectivity index (χ1v) is 18.6. The molecule has 6 rings (SSSR count). The van der Waals surface area contributed by atoms with Gasteiger partial charge in [-0.05, 0) is 73.9 Å². The van der Waals surface area contributed by atoms with Crippen LogP contribution in [0.25, 0.3) is 33.8 Å². The number of methoxy groups -OCH3 is 2. The third-order valence-electron chi connectivity index (χ3n) is 10.1. The molecule has 2 fully saturated rings. The van der Waals surface area contributed by atoms with E-state index >= 15 is 0 Å². The second kappa shape index (κ2) is 16.6. The van der Waals surface area contributed by atoms with E-state index in [4.69, 9.17) is 18.9 Å². The average Bonchev–Trinajstić information content (AvgIpc) is 4.01. The summed E-state index contributed by atoms with van der Waals surface area (Å²) in [5.74, 6) is 0.356. The third-order valence-corrected chi connectivity index (χ3v) is 10.1. The van der Waals surface area contributed by atoms with Crippen LogP contribution in [0.1, 0.15) is 65.2 Å². The first-order chi connectivity index (χ1) is 26.4. The number of likely N-dealkylation sites (tertiary alicyclic amines) is 2. The van der Waals surface area contributed by atoms with E-state index in [2.05, 4.69) is 25.9 Å². The van der Waals surface area contributed by atoms with Crippen LogP contribution >= 0.6 is 0 Å². The lowest BCUT2D eigenvalue weighted by molar-refractivity contribution is -0.139. The van der Waals surface area contributed by atoms with Gasteiger partial charge >= 0.3 is 12.2 Å². The molecule has 2 aliphatic rings. The van der Waals surface area contributed by atoms with Crippen molar-refractivity contribution in [3.63, 3.8) is 0 Å². The molecule has 4 aromatic rings. The van der Waals surface area contributed by atoms with Crippen LogP contribution in [0.4, 0.5) is 15.3 Å². The van der Waals surface area contributed by atoms with E-state index in [-0.39, 0.29) is 35.6 Å². The number of fused-ring (bicyclic) bond motifs is 1. The smallest absolute Gasteiger partial charge is 0.407 e. The lowest BCUT2D eigenvalue weighted by Crippen LogP contribution is -2.54. The number of H-pyrrole nitrogens is 1. The molecule has 0 spiro atoms. The molecule has 2 aromatic heterocycles. The summed E-state index contributed by atoms with van der Waals surface area (Å²) < 4.78 is 15.6. The van der Waals surface area contributed by atoms with Crippen molar-refractivity contribution in [2.24, 2.45) is 11.8 Å². The molecule has 4 N–H and O–H groups in total. The van der Waals surface area contributed by atoms with Crippen LogP contribution in [0.3, 0.4) is 0 Å². The number of anilines is 1. The number of alkyl carbamates (subject to hydrolysis) is 2. The standard InChI is InChI=1S/C39H48N8O8/c1-21(2)31(44-38(51)53-5)36(49)46-16-8-12-28(46)33-42-26-15-14-23(19-27(26)43-33)30-20-40-35(55-30)24-10-7-11-25(18-24)41-34(48)29-13-9-17-47(29)37(50)32(22(3)4)45-39(52)54-6/h7,10-11,14-15,18-22,28-29,31-32H,8-9,12-13,16-17H2,1-6H3,(H,41,48)(H,42,43)(H,44,51)(H,45,52)/t28-,29-,31-,32-/m0/s1. The van der Waals surface area contributed by atoms with Gasteiger partial charge in [0.15, 0.2) is 5.76 Å². The van der Waals surface area contributed by atoms with Crippen molar-refractivity contribution in [2.45, 2.75) is 77.5 Å². The summed E-state index contributed by atoms with van der Waals surface area (Å²) in [5, 5.41) is 8.22. The first-order valence-electron chi connectivity index (χ1n) is 18.6. The van der Waals surface area contributed by atoms with E-state index in [0.29, 0.717) is 54.7 Å². The van der Waals surface area contributed by atoms with Gasteiger partial charge in [0.05, 0.1) is 37.5 Å². The van der Waals surface area contributed by atoms with Crippen molar-refractivity contribution in [3.8, 4) is 22.8 Å². The number of carbonyl (C=O) groups excluding carboxylic acids is 5. The number of amides is 5. The maximum atomic E-state index is 13.6. The molecule has 4 atom stereocenters. The minimum Gasteiger partial charge on any atom is -0.453 e. The lowest BCUT2D eigenvalue weighted by Gasteiger charge is -2.30. The van der Waals surface area contributed by atoms with E-state index in [1.54, 1.807) is 29.3 Å². The molecule has 55 heavy (non-hydrogen) atoms. The van der Waals surface area contributed by atoms with Gasteiger partial charge in [-0.15, -0.1) is 0 Å². The number of aromatic amines is 1. The molecular weight excluding hydrogens is 708 g/mol. The quantitative estimate of drug-likeness (QED) is 0.157. The zero-order valence-electron chi connectivity index (χ0n) is 31.9. The average molecular weight is 757 g/mol. The Hall–Kier alpha value is -5.93. The molecule has 0 radical (unpaired) electrons. The minimum atomic E-state index is -0.825. The molecule has 0 aliphatic carbocycles. The highest BCUT2D eigenvalue weighted by Gasteiger charge is 2.40. The van der Waals surface area contributed by atoms with Crippen LogP contribution in [0, 0.1) is 11.8 Å². The Labute approximate surface area is 318 Å². The molecule has 0 unspecified atom stereocenters. The summed E-state index contributed by atoms with van der Waals surface area (Å²) in [5.41, 5.74) is 3.42. The number of hydrogen-bond donors (Lipinski definition) is 4. The van der Waals surface area contributed by atoms with E-state index in [0.717, 1.165) is 29.4 Å². The summed E-state index contributed by atoms with van der Waals surface area (Å²) in [4.78, 5) is 80.4. The van der Waals surface area contributed by atoms with Crippen LogP contribution in [0.2, 0.25) is 0 Å². The number of nitrogens with zero attached hydrogens (tertiary/aromatic N) is 4. The molecule has 2 aromatic carbocycles. The van der Waals surface area contributed by atoms with Crippen LogP contribution in [-0.4, -0.2) is 100 Å². The number of benzene rings is 2. The number of hydrogen-bond acceptors (Lipinski definition) is 10. The highest BCUT2D eigenvalue weighted by atomic mass is 16.5. The Morgan fingerprint density at radius 1 is 0.836 bits per heavy atom. The molecule has 16 heteroatoms. The Kier molecular flexibility index (Phi) is 11.7. The molecule has 2 aliphatic heterocycles. The fourth-order valence-electron chi connectivity index (χ4n) is 7.21. The Morgan fingerprint density at radius 3 is 2.16 bits per heavy atom. The van der Waals surface area contributed by atoms with Gasteiger partial charge in [-0.2, -0.15) is 0 Å². The van der Waals surface area contributed by atoms with Gasteiger partial charge in [-0.25, -0.2) is 19.6 Å². The maximum absolute atomic E-state index is 13.6. The van der Waals surface area contributed by atoms with Crippen molar-refractivity contribution >= 4 is 46.6 Å². The number of aromatic nitrogens is 3. The third kappa shape index (κ3) is 8.42. The van der Waals surface area contributed by atoms with Gasteiger partial charge < -0.3 is 44.6 Å². The topological polar surface area (TPSA) is 201 Å². The Morgan fingerprint density at radius 2 is 1.49 bits per heavy atom. The number of nitrogens with one attached hydrogen (secondary N) is 4. The fourth-order valence-corrected chi connectivity index (χ4v) is 7.21.